The molecule has 2 aliphatic rings. The number of amides is 1. The molecular formula is C19H27N3O8. The van der Waals surface area contributed by atoms with E-state index in [0.29, 0.717) is 12.8 Å². The van der Waals surface area contributed by atoms with Crippen LogP contribution in [-0.4, -0.2) is 68.3 Å². The summed E-state index contributed by atoms with van der Waals surface area (Å²) in [6.45, 7) is 1.43. The maximum absolute atomic E-state index is 12.7. The van der Waals surface area contributed by atoms with E-state index in [1.807, 2.05) is 0 Å². The van der Waals surface area contributed by atoms with E-state index in [0.717, 1.165) is 17.4 Å². The van der Waals surface area contributed by atoms with E-state index in [9.17, 15) is 24.6 Å². The first-order valence-electron chi connectivity index (χ1n) is 10.1. The lowest BCUT2D eigenvalue weighted by Gasteiger charge is -2.28. The van der Waals surface area contributed by atoms with Crippen molar-refractivity contribution in [2.24, 2.45) is 11.8 Å². The highest BCUT2D eigenvalue weighted by Crippen LogP contribution is 2.32. The van der Waals surface area contributed by atoms with Gasteiger partial charge in [0.15, 0.2) is 6.23 Å². The number of rotatable bonds is 6. The van der Waals surface area contributed by atoms with Gasteiger partial charge in [-0.15, -0.1) is 0 Å². The molecule has 1 aliphatic heterocycles. The Hall–Kier alpha value is -2.34. The van der Waals surface area contributed by atoms with Crippen LogP contribution in [0.4, 0.5) is 5.82 Å². The van der Waals surface area contributed by atoms with Crippen LogP contribution in [0.15, 0.2) is 17.1 Å². The van der Waals surface area contributed by atoms with Crippen molar-refractivity contribution in [1.29, 1.82) is 0 Å². The number of aliphatic hydroxyl groups excluding tert-OH is 3. The van der Waals surface area contributed by atoms with Gasteiger partial charge < -0.3 is 30.1 Å². The fourth-order valence-electron chi connectivity index (χ4n) is 3.98. The minimum Gasteiger partial charge on any atom is -0.466 e. The van der Waals surface area contributed by atoms with Crippen molar-refractivity contribution in [3.05, 3.63) is 22.7 Å². The molecule has 1 aliphatic carbocycles. The molecule has 0 radical (unpaired) electrons. The van der Waals surface area contributed by atoms with Crippen LogP contribution in [0.5, 0.6) is 0 Å². The van der Waals surface area contributed by atoms with E-state index >= 15 is 0 Å². The van der Waals surface area contributed by atoms with Crippen LogP contribution in [0.3, 0.4) is 0 Å². The summed E-state index contributed by atoms with van der Waals surface area (Å²) in [6, 6.07) is 1.36. The van der Waals surface area contributed by atoms with Gasteiger partial charge in [-0.25, -0.2) is 4.79 Å². The van der Waals surface area contributed by atoms with Crippen molar-refractivity contribution in [1.82, 2.24) is 9.55 Å². The molecule has 3 rings (SSSR count). The molecule has 11 nitrogen and oxygen atoms in total. The van der Waals surface area contributed by atoms with Crippen molar-refractivity contribution in [2.75, 3.05) is 18.5 Å². The van der Waals surface area contributed by atoms with Gasteiger partial charge in [-0.2, -0.15) is 4.98 Å². The zero-order chi connectivity index (χ0) is 21.8. The second-order valence-electron chi connectivity index (χ2n) is 7.47. The number of aliphatic hydroxyl groups is 3. The van der Waals surface area contributed by atoms with Crippen LogP contribution < -0.4 is 11.0 Å². The summed E-state index contributed by atoms with van der Waals surface area (Å²) in [5.41, 5.74) is -0.812. The van der Waals surface area contributed by atoms with Crippen molar-refractivity contribution >= 4 is 17.7 Å². The van der Waals surface area contributed by atoms with E-state index in [1.54, 1.807) is 6.92 Å². The first kappa shape index (κ1) is 22.3. The van der Waals surface area contributed by atoms with Gasteiger partial charge >= 0.3 is 11.7 Å². The molecule has 6 atom stereocenters. The van der Waals surface area contributed by atoms with Crippen molar-refractivity contribution in [2.45, 2.75) is 57.1 Å². The first-order valence-corrected chi connectivity index (χ1v) is 10.1. The minimum absolute atomic E-state index is 0.00109. The normalized spacial score (nSPS) is 31.3. The number of hydrogen-bond donors (Lipinski definition) is 4. The standard InChI is InChI=1S/C19H27N3O8/c1-2-29-18(27)11-6-4-3-5-10(11)16(26)20-13-7-8-22(19(28)21-13)17-15(25)14(24)12(9-23)30-17/h7-8,10-12,14-15,17,23-25H,2-6,9H2,1H3,(H,20,21,26,28)/t10?,11?,12-,14-,15+,17-/m1/s1. The average Bonchev–Trinajstić information content (AvgIpc) is 3.02. The summed E-state index contributed by atoms with van der Waals surface area (Å²) in [5, 5.41) is 31.6. The maximum Gasteiger partial charge on any atom is 0.351 e. The quantitative estimate of drug-likeness (QED) is 0.426. The summed E-state index contributed by atoms with van der Waals surface area (Å²) in [5.74, 6) is -1.91. The van der Waals surface area contributed by atoms with Crippen LogP contribution in [0.1, 0.15) is 38.8 Å². The third-order valence-electron chi connectivity index (χ3n) is 5.56. The van der Waals surface area contributed by atoms with E-state index in [1.165, 1.54) is 12.3 Å². The molecule has 0 aromatic carbocycles. The molecule has 1 amide bonds. The van der Waals surface area contributed by atoms with E-state index in [4.69, 9.17) is 14.6 Å². The van der Waals surface area contributed by atoms with Crippen molar-refractivity contribution in [3.8, 4) is 0 Å². The Labute approximate surface area is 172 Å². The smallest absolute Gasteiger partial charge is 0.351 e. The number of esters is 1. The summed E-state index contributed by atoms with van der Waals surface area (Å²) in [4.78, 5) is 41.1. The lowest BCUT2D eigenvalue weighted by atomic mass is 9.78. The highest BCUT2D eigenvalue weighted by Gasteiger charge is 2.44. The molecule has 1 saturated carbocycles. The molecule has 0 spiro atoms. The van der Waals surface area contributed by atoms with Crippen molar-refractivity contribution in [3.63, 3.8) is 0 Å². The SMILES string of the molecule is CCOC(=O)C1CCCCC1C(=O)Nc1ccn([C@@H]2O[C@H](CO)[C@@H](O)[C@@H]2O)c(=O)n1. The minimum atomic E-state index is -1.42. The number of anilines is 1. The van der Waals surface area contributed by atoms with Gasteiger partial charge in [0, 0.05) is 6.20 Å². The average molecular weight is 425 g/mol. The zero-order valence-corrected chi connectivity index (χ0v) is 16.6. The van der Waals surface area contributed by atoms with Crippen LogP contribution >= 0.6 is 0 Å². The summed E-state index contributed by atoms with van der Waals surface area (Å²) in [7, 11) is 0. The Bertz CT molecular complexity index is 828. The third kappa shape index (κ3) is 4.53. The molecule has 1 aromatic rings. The zero-order valence-electron chi connectivity index (χ0n) is 16.6. The van der Waals surface area contributed by atoms with Crippen molar-refractivity contribution < 1.29 is 34.4 Å². The number of aromatic nitrogens is 2. The predicted octanol–water partition coefficient (Wildman–Crippen LogP) is -0.837. The fraction of sp³-hybridized carbons (Fsp3) is 0.684. The monoisotopic (exact) mass is 425 g/mol. The van der Waals surface area contributed by atoms with Gasteiger partial charge in [-0.3, -0.25) is 14.2 Å². The summed E-state index contributed by atoms with van der Waals surface area (Å²) < 4.78 is 11.4. The number of carbonyl (C=O) groups is 2. The van der Waals surface area contributed by atoms with Gasteiger partial charge in [0.05, 0.1) is 25.0 Å². The molecular weight excluding hydrogens is 398 g/mol. The molecule has 1 saturated heterocycles. The topological polar surface area (TPSA) is 160 Å². The van der Waals surface area contributed by atoms with E-state index in [-0.39, 0.29) is 12.4 Å². The van der Waals surface area contributed by atoms with E-state index < -0.39 is 60.5 Å². The molecule has 30 heavy (non-hydrogen) atoms. The van der Waals surface area contributed by atoms with Crippen LogP contribution in [0.2, 0.25) is 0 Å². The van der Waals surface area contributed by atoms with Gasteiger partial charge in [0.2, 0.25) is 5.91 Å². The number of carbonyl (C=O) groups excluding carboxylic acids is 2. The van der Waals surface area contributed by atoms with E-state index in [2.05, 4.69) is 10.3 Å². The van der Waals surface area contributed by atoms with Gasteiger partial charge in [0.25, 0.3) is 0 Å². The molecule has 166 valence electrons. The Morgan fingerprint density at radius 3 is 2.57 bits per heavy atom. The lowest BCUT2D eigenvalue weighted by Crippen LogP contribution is -2.38. The van der Waals surface area contributed by atoms with Gasteiger partial charge in [0.1, 0.15) is 24.1 Å². The van der Waals surface area contributed by atoms with Crippen LogP contribution in [0, 0.1) is 11.8 Å². The Kier molecular flexibility index (Phi) is 7.19. The molecule has 11 heteroatoms. The van der Waals surface area contributed by atoms with Gasteiger partial charge in [-0.1, -0.05) is 12.8 Å². The first-order chi connectivity index (χ1) is 14.4. The second-order valence-corrected chi connectivity index (χ2v) is 7.47. The Balaban J connectivity index is 1.71. The summed E-state index contributed by atoms with van der Waals surface area (Å²) >= 11 is 0. The van der Waals surface area contributed by atoms with Gasteiger partial charge in [-0.05, 0) is 25.8 Å². The highest BCUT2D eigenvalue weighted by atomic mass is 16.6. The van der Waals surface area contributed by atoms with Crippen LogP contribution in [0.25, 0.3) is 0 Å². The predicted molar refractivity (Wildman–Crippen MR) is 102 cm³/mol. The Morgan fingerprint density at radius 2 is 1.97 bits per heavy atom. The largest absolute Gasteiger partial charge is 0.466 e. The Morgan fingerprint density at radius 1 is 1.27 bits per heavy atom. The third-order valence-corrected chi connectivity index (χ3v) is 5.56. The molecule has 2 unspecified atom stereocenters. The summed E-state index contributed by atoms with van der Waals surface area (Å²) in [6.07, 6.45) is -0.982. The van der Waals surface area contributed by atoms with Crippen LogP contribution in [-0.2, 0) is 19.1 Å². The molecule has 4 N–H and O–H groups in total. The number of hydrogen-bond acceptors (Lipinski definition) is 9. The highest BCUT2D eigenvalue weighted by molar-refractivity contribution is 5.94. The fourth-order valence-corrected chi connectivity index (χ4v) is 3.98. The molecule has 1 aromatic heterocycles. The molecule has 2 heterocycles. The molecule has 2 fully saturated rings. The number of nitrogens with one attached hydrogen (secondary N) is 1. The maximum atomic E-state index is 12.7. The number of ether oxygens (including phenoxy) is 2. The molecule has 0 bridgehead atoms. The lowest BCUT2D eigenvalue weighted by molar-refractivity contribution is -0.153. The second kappa shape index (κ2) is 9.65. The number of nitrogens with zero attached hydrogens (tertiary/aromatic N) is 2.